The summed E-state index contributed by atoms with van der Waals surface area (Å²) in [5.41, 5.74) is 0.881. The van der Waals surface area contributed by atoms with E-state index in [1.165, 1.54) is 0 Å². The third-order valence-corrected chi connectivity index (χ3v) is 6.95. The second-order valence-electron chi connectivity index (χ2n) is 10.00. The average molecular weight is 507 g/mol. The van der Waals surface area contributed by atoms with Gasteiger partial charge in [-0.15, -0.1) is 0 Å². The molecular formula is C26H38N2O8. The van der Waals surface area contributed by atoms with Crippen LogP contribution in [0.4, 0.5) is 0 Å². The van der Waals surface area contributed by atoms with Gasteiger partial charge in [0.25, 0.3) is 0 Å². The summed E-state index contributed by atoms with van der Waals surface area (Å²) in [4.78, 5) is 50.3. The summed E-state index contributed by atoms with van der Waals surface area (Å²) in [6.45, 7) is 7.16. The monoisotopic (exact) mass is 506 g/mol. The topological polar surface area (TPSA) is 153 Å². The number of carbonyl (C=O) groups excluding carboxylic acids is 2. The molecule has 4 N–H and O–H groups in total. The quantitative estimate of drug-likeness (QED) is 0.261. The Balaban J connectivity index is 2.15. The first kappa shape index (κ1) is 29.3. The molecule has 0 saturated carbocycles. The summed E-state index contributed by atoms with van der Waals surface area (Å²) in [5, 5.41) is 31.4. The van der Waals surface area contributed by atoms with E-state index in [9.17, 15) is 34.5 Å². The first-order chi connectivity index (χ1) is 16.9. The second kappa shape index (κ2) is 12.8. The number of likely N-dealkylation sites (tertiary alicyclic amines) is 1. The van der Waals surface area contributed by atoms with Crippen LogP contribution in [0.2, 0.25) is 0 Å². The highest BCUT2D eigenvalue weighted by atomic mass is 16.5. The number of amides is 1. The molecule has 0 radical (unpaired) electrons. The smallest absolute Gasteiger partial charge is 0.341 e. The zero-order valence-corrected chi connectivity index (χ0v) is 21.4. The molecule has 0 spiro atoms. The molecule has 2 rings (SSSR count). The van der Waals surface area contributed by atoms with Crippen LogP contribution in [-0.2, 0) is 24.6 Å². The van der Waals surface area contributed by atoms with Crippen molar-refractivity contribution >= 4 is 23.8 Å². The van der Waals surface area contributed by atoms with E-state index in [0.717, 1.165) is 44.3 Å². The van der Waals surface area contributed by atoms with Gasteiger partial charge in [0.05, 0.1) is 0 Å². The first-order valence-electron chi connectivity index (χ1n) is 12.3. The van der Waals surface area contributed by atoms with Crippen LogP contribution in [0.25, 0.3) is 0 Å². The lowest BCUT2D eigenvalue weighted by atomic mass is 9.74. The zero-order valence-electron chi connectivity index (χ0n) is 21.4. The van der Waals surface area contributed by atoms with Crippen LogP contribution in [0.3, 0.4) is 0 Å². The van der Waals surface area contributed by atoms with Crippen LogP contribution >= 0.6 is 0 Å². The number of ether oxygens (including phenoxy) is 1. The summed E-state index contributed by atoms with van der Waals surface area (Å²) >= 11 is 0. The molecule has 1 aliphatic heterocycles. The molecule has 1 saturated heterocycles. The molecule has 0 aliphatic carbocycles. The molecule has 1 heterocycles. The van der Waals surface area contributed by atoms with Crippen molar-refractivity contribution < 1.29 is 39.2 Å². The van der Waals surface area contributed by atoms with Gasteiger partial charge in [-0.1, -0.05) is 39.3 Å². The largest absolute Gasteiger partial charge is 0.481 e. The van der Waals surface area contributed by atoms with Crippen molar-refractivity contribution in [2.75, 3.05) is 20.1 Å². The van der Waals surface area contributed by atoms with E-state index >= 15 is 0 Å². The Bertz CT molecular complexity index is 950. The molecule has 1 fully saturated rings. The summed E-state index contributed by atoms with van der Waals surface area (Å²) in [7, 11) is 2.08. The number of aliphatic hydroxyl groups excluding tert-OH is 1. The van der Waals surface area contributed by atoms with Crippen LogP contribution in [0.15, 0.2) is 24.3 Å². The van der Waals surface area contributed by atoms with Crippen molar-refractivity contribution in [1.82, 2.24) is 10.2 Å². The Morgan fingerprint density at radius 2 is 1.83 bits per heavy atom. The predicted molar refractivity (Wildman–Crippen MR) is 132 cm³/mol. The van der Waals surface area contributed by atoms with Gasteiger partial charge in [-0.25, -0.2) is 9.59 Å². The van der Waals surface area contributed by atoms with E-state index < -0.39 is 54.2 Å². The minimum atomic E-state index is -2.12. The number of carboxylic acid groups (broad SMARTS) is 2. The SMILES string of the molecule is CCC1(c2cccc(OC(=O)C(O)C(CC(=O)N[C@H](C(=O)O)C(C)C)C(=O)O)c2)CCCCN(C)C1. The van der Waals surface area contributed by atoms with E-state index in [-0.39, 0.29) is 11.2 Å². The fraction of sp³-hybridized carbons (Fsp3) is 0.615. The molecule has 4 atom stereocenters. The highest BCUT2D eigenvalue weighted by molar-refractivity contribution is 5.90. The van der Waals surface area contributed by atoms with Crippen LogP contribution < -0.4 is 10.1 Å². The summed E-state index contributed by atoms with van der Waals surface area (Å²) in [6, 6.07) is 5.81. The first-order valence-corrected chi connectivity index (χ1v) is 12.3. The molecule has 3 unspecified atom stereocenters. The summed E-state index contributed by atoms with van der Waals surface area (Å²) in [5.74, 6) is -7.03. The molecule has 0 aromatic heterocycles. The predicted octanol–water partition coefficient (Wildman–Crippen LogP) is 2.03. The summed E-state index contributed by atoms with van der Waals surface area (Å²) < 4.78 is 5.33. The Hall–Kier alpha value is -2.98. The molecule has 1 aliphatic rings. The van der Waals surface area contributed by atoms with Crippen LogP contribution in [0.5, 0.6) is 5.75 Å². The Morgan fingerprint density at radius 3 is 2.42 bits per heavy atom. The van der Waals surface area contributed by atoms with Crippen LogP contribution in [0.1, 0.15) is 58.4 Å². The molecule has 1 amide bonds. The normalized spacial score (nSPS) is 21.2. The Kier molecular flexibility index (Phi) is 10.4. The number of hydrogen-bond donors (Lipinski definition) is 4. The number of nitrogens with one attached hydrogen (secondary N) is 1. The van der Waals surface area contributed by atoms with Crippen LogP contribution in [-0.4, -0.2) is 76.3 Å². The van der Waals surface area contributed by atoms with E-state index in [0.29, 0.717) is 0 Å². The van der Waals surface area contributed by atoms with Crippen LogP contribution in [0, 0.1) is 11.8 Å². The molecule has 200 valence electrons. The van der Waals surface area contributed by atoms with Gasteiger partial charge >= 0.3 is 17.9 Å². The van der Waals surface area contributed by atoms with Gasteiger partial charge in [0.1, 0.15) is 17.7 Å². The number of carboxylic acids is 2. The van der Waals surface area contributed by atoms with Crippen molar-refractivity contribution in [3.63, 3.8) is 0 Å². The van der Waals surface area contributed by atoms with Gasteiger partial charge in [-0.3, -0.25) is 9.59 Å². The standard InChI is InChI=1S/C26H38N2O8/c1-5-26(11-6-7-12-28(4)15-26)17-9-8-10-18(13-17)36-25(35)22(30)19(23(31)32)14-20(29)27-21(16(2)3)24(33)34/h8-10,13,16,19,21-22,30H,5-7,11-12,14-15H2,1-4H3,(H,27,29)(H,31,32)(H,33,34)/t19?,21-,22?,26?/m0/s1. The van der Waals surface area contributed by atoms with Gasteiger partial charge in [0.2, 0.25) is 5.91 Å². The van der Waals surface area contributed by atoms with Gasteiger partial charge in [-0.2, -0.15) is 0 Å². The molecule has 1 aromatic rings. The third-order valence-electron chi connectivity index (χ3n) is 6.95. The molecule has 0 bridgehead atoms. The Morgan fingerprint density at radius 1 is 1.14 bits per heavy atom. The number of likely N-dealkylation sites (N-methyl/N-ethyl adjacent to an activating group) is 1. The Labute approximate surface area is 211 Å². The highest BCUT2D eigenvalue weighted by Gasteiger charge is 2.37. The minimum absolute atomic E-state index is 0.120. The van der Waals surface area contributed by atoms with Gasteiger partial charge in [-0.05, 0) is 56.5 Å². The second-order valence-corrected chi connectivity index (χ2v) is 10.00. The lowest BCUT2D eigenvalue weighted by molar-refractivity contribution is -0.159. The number of aliphatic hydroxyl groups is 1. The zero-order chi connectivity index (χ0) is 27.0. The van der Waals surface area contributed by atoms with Crippen molar-refractivity contribution in [3.05, 3.63) is 29.8 Å². The lowest BCUT2D eigenvalue weighted by Crippen LogP contribution is -2.47. The van der Waals surface area contributed by atoms with Crippen molar-refractivity contribution in [3.8, 4) is 5.75 Å². The number of aliphatic carboxylic acids is 2. The number of nitrogens with zero attached hydrogens (tertiary/aromatic N) is 1. The maximum Gasteiger partial charge on any atom is 0.341 e. The number of carbonyl (C=O) groups is 4. The number of rotatable bonds is 11. The third kappa shape index (κ3) is 7.51. The fourth-order valence-electron chi connectivity index (χ4n) is 4.76. The minimum Gasteiger partial charge on any atom is -0.481 e. The van der Waals surface area contributed by atoms with E-state index in [2.05, 4.69) is 24.2 Å². The number of benzene rings is 1. The number of hydrogen-bond acceptors (Lipinski definition) is 7. The van der Waals surface area contributed by atoms with E-state index in [1.54, 1.807) is 32.0 Å². The van der Waals surface area contributed by atoms with Gasteiger partial charge < -0.3 is 30.3 Å². The fourth-order valence-corrected chi connectivity index (χ4v) is 4.76. The summed E-state index contributed by atoms with van der Waals surface area (Å²) in [6.07, 6.45) is 1.14. The molecular weight excluding hydrogens is 468 g/mol. The highest BCUT2D eigenvalue weighted by Crippen LogP contribution is 2.37. The van der Waals surface area contributed by atoms with E-state index in [1.807, 2.05) is 6.07 Å². The van der Waals surface area contributed by atoms with Gasteiger partial charge in [0, 0.05) is 18.4 Å². The molecule has 1 aromatic carbocycles. The maximum absolute atomic E-state index is 12.7. The number of esters is 1. The molecule has 36 heavy (non-hydrogen) atoms. The van der Waals surface area contributed by atoms with Crippen molar-refractivity contribution in [2.45, 2.75) is 70.4 Å². The van der Waals surface area contributed by atoms with Crippen molar-refractivity contribution in [2.24, 2.45) is 11.8 Å². The lowest BCUT2D eigenvalue weighted by Gasteiger charge is -2.35. The molecule has 10 nitrogen and oxygen atoms in total. The average Bonchev–Trinajstić information content (AvgIpc) is 3.02. The van der Waals surface area contributed by atoms with Gasteiger partial charge in [0.15, 0.2) is 6.10 Å². The maximum atomic E-state index is 12.7. The van der Waals surface area contributed by atoms with E-state index in [4.69, 9.17) is 4.74 Å². The molecule has 10 heteroatoms. The van der Waals surface area contributed by atoms with Crippen molar-refractivity contribution in [1.29, 1.82) is 0 Å².